The van der Waals surface area contributed by atoms with Crippen molar-refractivity contribution in [1.29, 1.82) is 0 Å². The van der Waals surface area contributed by atoms with E-state index >= 15 is 0 Å². The third kappa shape index (κ3) is 3.21. The lowest BCUT2D eigenvalue weighted by atomic mass is 10.1. The number of carbonyl (C=O) groups excluding carboxylic acids is 1. The molecular weight excluding hydrogens is 314 g/mol. The maximum absolute atomic E-state index is 11.7. The fourth-order valence-corrected chi connectivity index (χ4v) is 3.13. The van der Waals surface area contributed by atoms with E-state index in [1.165, 1.54) is 11.3 Å². The number of benzene rings is 1. The Labute approximate surface area is 137 Å². The number of rotatable bonds is 4. The SMILES string of the molecule is CSOC(=O)c1cc(-c2cccc(-c3ccccc3)n2)cs1. The fraction of sp³-hybridized carbons (Fsp3) is 0.0588. The molecule has 0 atom stereocenters. The van der Waals surface area contributed by atoms with E-state index in [2.05, 4.69) is 4.98 Å². The maximum Gasteiger partial charge on any atom is 0.360 e. The Morgan fingerprint density at radius 2 is 1.77 bits per heavy atom. The van der Waals surface area contributed by atoms with Gasteiger partial charge in [-0.1, -0.05) is 36.4 Å². The van der Waals surface area contributed by atoms with Crippen LogP contribution in [0.25, 0.3) is 22.5 Å². The monoisotopic (exact) mass is 327 g/mol. The highest BCUT2D eigenvalue weighted by Crippen LogP contribution is 2.27. The van der Waals surface area contributed by atoms with Gasteiger partial charge < -0.3 is 4.18 Å². The maximum atomic E-state index is 11.7. The Bertz CT molecular complexity index is 784. The average molecular weight is 327 g/mol. The Kier molecular flexibility index (Phi) is 4.56. The molecule has 3 rings (SSSR count). The summed E-state index contributed by atoms with van der Waals surface area (Å²) in [6.07, 6.45) is 1.72. The molecule has 2 heterocycles. The van der Waals surface area contributed by atoms with Gasteiger partial charge in [0.2, 0.25) is 0 Å². The molecule has 0 amide bonds. The van der Waals surface area contributed by atoms with E-state index in [1.54, 1.807) is 6.26 Å². The number of carbonyl (C=O) groups is 1. The number of nitrogens with zero attached hydrogens (tertiary/aromatic N) is 1. The molecule has 1 aromatic carbocycles. The fourth-order valence-electron chi connectivity index (χ4n) is 2.06. The van der Waals surface area contributed by atoms with Crippen molar-refractivity contribution in [2.45, 2.75) is 0 Å². The van der Waals surface area contributed by atoms with Gasteiger partial charge in [-0.15, -0.1) is 11.3 Å². The lowest BCUT2D eigenvalue weighted by Gasteiger charge is -2.03. The summed E-state index contributed by atoms with van der Waals surface area (Å²) < 4.78 is 4.94. The predicted molar refractivity (Wildman–Crippen MR) is 91.9 cm³/mol. The largest absolute Gasteiger partial charge is 0.387 e. The molecule has 110 valence electrons. The van der Waals surface area contributed by atoms with Gasteiger partial charge in [0.25, 0.3) is 0 Å². The van der Waals surface area contributed by atoms with Crippen molar-refractivity contribution in [3.8, 4) is 22.5 Å². The van der Waals surface area contributed by atoms with E-state index < -0.39 is 0 Å². The van der Waals surface area contributed by atoms with Crippen LogP contribution in [0.1, 0.15) is 9.67 Å². The summed E-state index contributed by atoms with van der Waals surface area (Å²) in [5.74, 6) is -0.317. The van der Waals surface area contributed by atoms with Crippen LogP contribution in [0.4, 0.5) is 0 Å². The Morgan fingerprint density at radius 1 is 1.05 bits per heavy atom. The highest BCUT2D eigenvalue weighted by atomic mass is 32.2. The average Bonchev–Trinajstić information content (AvgIpc) is 3.06. The first-order valence-electron chi connectivity index (χ1n) is 6.64. The van der Waals surface area contributed by atoms with Crippen LogP contribution < -0.4 is 0 Å². The van der Waals surface area contributed by atoms with Gasteiger partial charge in [-0.2, -0.15) is 0 Å². The van der Waals surface area contributed by atoms with Gasteiger partial charge in [0.1, 0.15) is 4.88 Å². The molecular formula is C17H13NO2S2. The summed E-state index contributed by atoms with van der Waals surface area (Å²) in [5, 5.41) is 1.92. The van der Waals surface area contributed by atoms with Crippen molar-refractivity contribution in [2.24, 2.45) is 0 Å². The normalized spacial score (nSPS) is 10.4. The molecule has 0 fully saturated rings. The van der Waals surface area contributed by atoms with Gasteiger partial charge in [0, 0.05) is 22.8 Å². The van der Waals surface area contributed by atoms with Gasteiger partial charge in [-0.25, -0.2) is 9.78 Å². The van der Waals surface area contributed by atoms with Gasteiger partial charge in [0.15, 0.2) is 0 Å². The molecule has 5 heteroatoms. The minimum absolute atomic E-state index is 0.317. The standard InChI is InChI=1S/C17H13NO2S2/c1-21-20-17(19)16-10-13(11-22-16)15-9-5-8-14(18-15)12-6-3-2-4-7-12/h2-11H,1H3. The predicted octanol–water partition coefficient (Wildman–Crippen LogP) is 4.91. The molecule has 0 bridgehead atoms. The third-order valence-corrected chi connectivity index (χ3v) is 4.30. The van der Waals surface area contributed by atoms with E-state index in [0.717, 1.165) is 34.6 Å². The Balaban J connectivity index is 1.91. The van der Waals surface area contributed by atoms with E-state index in [1.807, 2.05) is 60.0 Å². The summed E-state index contributed by atoms with van der Waals surface area (Å²) in [6.45, 7) is 0. The quantitative estimate of drug-likeness (QED) is 0.638. The molecule has 0 spiro atoms. The van der Waals surface area contributed by atoms with Crippen molar-refractivity contribution in [2.75, 3.05) is 6.26 Å². The van der Waals surface area contributed by atoms with Crippen LogP contribution in [-0.2, 0) is 4.18 Å². The lowest BCUT2D eigenvalue weighted by Crippen LogP contribution is -1.95. The topological polar surface area (TPSA) is 39.2 Å². The Hall–Kier alpha value is -2.11. The Morgan fingerprint density at radius 3 is 2.50 bits per heavy atom. The molecule has 0 N–H and O–H groups in total. The van der Waals surface area contributed by atoms with Crippen molar-refractivity contribution >= 4 is 29.3 Å². The van der Waals surface area contributed by atoms with Gasteiger partial charge in [-0.3, -0.25) is 0 Å². The number of thiophene rings is 1. The summed E-state index contributed by atoms with van der Waals surface area (Å²) >= 11 is 2.42. The molecule has 3 aromatic rings. The molecule has 0 aliphatic rings. The van der Waals surface area contributed by atoms with Crippen LogP contribution in [0.3, 0.4) is 0 Å². The third-order valence-electron chi connectivity index (χ3n) is 3.07. The molecule has 22 heavy (non-hydrogen) atoms. The van der Waals surface area contributed by atoms with Gasteiger partial charge >= 0.3 is 5.97 Å². The van der Waals surface area contributed by atoms with Crippen molar-refractivity contribution in [3.63, 3.8) is 0 Å². The second-order valence-corrected chi connectivity index (χ2v) is 5.92. The molecule has 0 aliphatic carbocycles. The molecule has 0 saturated heterocycles. The second-order valence-electron chi connectivity index (χ2n) is 4.51. The van der Waals surface area contributed by atoms with E-state index in [9.17, 15) is 4.79 Å². The first-order chi connectivity index (χ1) is 10.8. The molecule has 2 aromatic heterocycles. The summed E-state index contributed by atoms with van der Waals surface area (Å²) in [5.41, 5.74) is 3.76. The summed E-state index contributed by atoms with van der Waals surface area (Å²) in [7, 11) is 0. The first kappa shape index (κ1) is 14.8. The number of hydrogen-bond donors (Lipinski definition) is 0. The van der Waals surface area contributed by atoms with E-state index in [4.69, 9.17) is 4.18 Å². The van der Waals surface area contributed by atoms with Crippen molar-refractivity contribution in [3.05, 3.63) is 64.9 Å². The van der Waals surface area contributed by atoms with Crippen LogP contribution >= 0.6 is 23.4 Å². The molecule has 0 radical (unpaired) electrons. The van der Waals surface area contributed by atoms with Crippen molar-refractivity contribution < 1.29 is 8.98 Å². The van der Waals surface area contributed by atoms with E-state index in [0.29, 0.717) is 4.88 Å². The molecule has 0 aliphatic heterocycles. The lowest BCUT2D eigenvalue weighted by molar-refractivity contribution is 0.0774. The second kappa shape index (κ2) is 6.77. The zero-order valence-corrected chi connectivity index (χ0v) is 13.5. The molecule has 0 unspecified atom stereocenters. The first-order valence-corrected chi connectivity index (χ1v) is 8.67. The zero-order valence-electron chi connectivity index (χ0n) is 11.9. The molecule has 0 saturated carbocycles. The highest BCUT2D eigenvalue weighted by molar-refractivity contribution is 7.94. The van der Waals surface area contributed by atoms with Gasteiger partial charge in [0.05, 0.1) is 23.4 Å². The summed E-state index contributed by atoms with van der Waals surface area (Å²) in [4.78, 5) is 17.0. The van der Waals surface area contributed by atoms with Crippen LogP contribution in [-0.4, -0.2) is 17.2 Å². The number of pyridine rings is 1. The van der Waals surface area contributed by atoms with Crippen LogP contribution in [0.2, 0.25) is 0 Å². The smallest absolute Gasteiger partial charge is 0.360 e. The highest BCUT2D eigenvalue weighted by Gasteiger charge is 2.12. The van der Waals surface area contributed by atoms with Crippen LogP contribution in [0.15, 0.2) is 60.0 Å². The minimum atomic E-state index is -0.317. The van der Waals surface area contributed by atoms with E-state index in [-0.39, 0.29) is 5.97 Å². The zero-order chi connectivity index (χ0) is 15.4. The van der Waals surface area contributed by atoms with Gasteiger partial charge in [-0.05, 0) is 18.2 Å². The number of hydrogen-bond acceptors (Lipinski definition) is 5. The molecule has 3 nitrogen and oxygen atoms in total. The van der Waals surface area contributed by atoms with Crippen LogP contribution in [0, 0.1) is 0 Å². The van der Waals surface area contributed by atoms with Crippen molar-refractivity contribution in [1.82, 2.24) is 4.98 Å². The van der Waals surface area contributed by atoms with Crippen LogP contribution in [0.5, 0.6) is 0 Å². The summed E-state index contributed by atoms with van der Waals surface area (Å²) in [6, 6.07) is 17.7. The minimum Gasteiger partial charge on any atom is -0.387 e. The number of aromatic nitrogens is 1.